The highest BCUT2D eigenvalue weighted by molar-refractivity contribution is 6.02. The molecule has 1 aromatic heterocycles. The number of amides is 1. The fourth-order valence-electron chi connectivity index (χ4n) is 1.56. The molecule has 2 N–H and O–H groups in total. The first-order chi connectivity index (χ1) is 9.60. The number of carboxylic acid groups (broad SMARTS) is 1. The molecule has 1 heterocycles. The number of carbonyl (C=O) groups is 2. The van der Waals surface area contributed by atoms with E-state index >= 15 is 0 Å². The number of carbonyl (C=O) groups excluding carboxylic acids is 1. The number of carboxylic acids is 1. The van der Waals surface area contributed by atoms with Gasteiger partial charge in [-0.3, -0.25) is 4.79 Å². The van der Waals surface area contributed by atoms with E-state index in [1.807, 2.05) is 6.07 Å². The van der Waals surface area contributed by atoms with Gasteiger partial charge in [-0.25, -0.2) is 4.79 Å². The van der Waals surface area contributed by atoms with Crippen molar-refractivity contribution in [2.45, 2.75) is 6.42 Å². The fourth-order valence-corrected chi connectivity index (χ4v) is 1.56. The van der Waals surface area contributed by atoms with Crippen molar-refractivity contribution in [1.29, 1.82) is 5.26 Å². The fraction of sp³-hybridized carbons (Fsp3) is 0.0714. The van der Waals surface area contributed by atoms with Crippen LogP contribution in [0.2, 0.25) is 0 Å². The molecule has 2 rings (SSSR count). The SMILES string of the molecule is N#CCc1ccc(NC(=O)c2ccc(C(=O)O)o2)cc1. The Morgan fingerprint density at radius 2 is 1.80 bits per heavy atom. The number of anilines is 1. The number of benzene rings is 1. The van der Waals surface area contributed by atoms with Gasteiger partial charge in [-0.15, -0.1) is 0 Å². The number of hydrogen-bond acceptors (Lipinski definition) is 4. The standard InChI is InChI=1S/C14H10N2O4/c15-8-7-9-1-3-10(4-2-9)16-13(17)11-5-6-12(20-11)14(18)19/h1-6H,7H2,(H,16,17)(H,18,19). The number of nitrogens with zero attached hydrogens (tertiary/aromatic N) is 1. The van der Waals surface area contributed by atoms with Crippen LogP contribution in [0.5, 0.6) is 0 Å². The third-order valence-electron chi connectivity index (χ3n) is 2.54. The summed E-state index contributed by atoms with van der Waals surface area (Å²) >= 11 is 0. The van der Waals surface area contributed by atoms with Crippen molar-refractivity contribution in [3.63, 3.8) is 0 Å². The van der Waals surface area contributed by atoms with Crippen molar-refractivity contribution in [3.8, 4) is 6.07 Å². The van der Waals surface area contributed by atoms with E-state index < -0.39 is 11.9 Å². The molecule has 0 unspecified atom stereocenters. The molecule has 0 spiro atoms. The molecule has 0 radical (unpaired) electrons. The van der Waals surface area contributed by atoms with Crippen molar-refractivity contribution in [2.75, 3.05) is 5.32 Å². The lowest BCUT2D eigenvalue weighted by Gasteiger charge is -2.03. The van der Waals surface area contributed by atoms with E-state index in [1.165, 1.54) is 12.1 Å². The monoisotopic (exact) mass is 270 g/mol. The average molecular weight is 270 g/mol. The Morgan fingerprint density at radius 1 is 1.15 bits per heavy atom. The minimum atomic E-state index is -1.23. The van der Waals surface area contributed by atoms with Crippen LogP contribution in [0.1, 0.15) is 26.7 Å². The molecule has 0 aliphatic carbocycles. The van der Waals surface area contributed by atoms with Crippen molar-refractivity contribution in [3.05, 3.63) is 53.5 Å². The van der Waals surface area contributed by atoms with Crippen LogP contribution in [0.15, 0.2) is 40.8 Å². The number of nitrogens with one attached hydrogen (secondary N) is 1. The van der Waals surface area contributed by atoms with Crippen LogP contribution in [-0.4, -0.2) is 17.0 Å². The Labute approximate surface area is 114 Å². The molecular weight excluding hydrogens is 260 g/mol. The second-order valence-corrected chi connectivity index (χ2v) is 3.95. The predicted octanol–water partition coefficient (Wildman–Crippen LogP) is 2.30. The minimum absolute atomic E-state index is 0.0801. The first kappa shape index (κ1) is 13.4. The zero-order valence-electron chi connectivity index (χ0n) is 10.3. The lowest BCUT2D eigenvalue weighted by Crippen LogP contribution is -2.10. The number of nitriles is 1. The summed E-state index contributed by atoms with van der Waals surface area (Å²) < 4.78 is 4.89. The molecule has 6 heteroatoms. The van der Waals surface area contributed by atoms with E-state index in [0.29, 0.717) is 12.1 Å². The molecule has 0 saturated carbocycles. The Balaban J connectivity index is 2.07. The molecule has 1 amide bonds. The van der Waals surface area contributed by atoms with E-state index in [1.54, 1.807) is 24.3 Å². The Morgan fingerprint density at radius 3 is 2.35 bits per heavy atom. The lowest BCUT2D eigenvalue weighted by molar-refractivity contribution is 0.0660. The normalized spacial score (nSPS) is 9.75. The first-order valence-electron chi connectivity index (χ1n) is 5.70. The summed E-state index contributed by atoms with van der Waals surface area (Å²) in [6.07, 6.45) is 0.300. The lowest BCUT2D eigenvalue weighted by atomic mass is 10.1. The second kappa shape index (κ2) is 5.71. The predicted molar refractivity (Wildman–Crippen MR) is 69.4 cm³/mol. The van der Waals surface area contributed by atoms with Gasteiger partial charge in [0.05, 0.1) is 12.5 Å². The van der Waals surface area contributed by atoms with E-state index in [4.69, 9.17) is 14.8 Å². The number of hydrogen-bond donors (Lipinski definition) is 2. The highest BCUT2D eigenvalue weighted by atomic mass is 16.4. The third kappa shape index (κ3) is 3.03. The molecule has 2 aromatic rings. The average Bonchev–Trinajstić information content (AvgIpc) is 2.91. The van der Waals surface area contributed by atoms with Crippen molar-refractivity contribution in [1.82, 2.24) is 0 Å². The third-order valence-corrected chi connectivity index (χ3v) is 2.54. The van der Waals surface area contributed by atoms with Crippen LogP contribution in [0.3, 0.4) is 0 Å². The van der Waals surface area contributed by atoms with Gasteiger partial charge >= 0.3 is 5.97 Å². The Bertz CT molecular complexity index is 680. The van der Waals surface area contributed by atoms with Gasteiger partial charge < -0.3 is 14.8 Å². The molecule has 0 aliphatic rings. The number of aromatic carboxylic acids is 1. The second-order valence-electron chi connectivity index (χ2n) is 3.95. The van der Waals surface area contributed by atoms with Gasteiger partial charge in [-0.1, -0.05) is 12.1 Å². The van der Waals surface area contributed by atoms with Gasteiger partial charge in [0, 0.05) is 5.69 Å². The Kier molecular flexibility index (Phi) is 3.82. The van der Waals surface area contributed by atoms with Crippen molar-refractivity contribution < 1.29 is 19.1 Å². The quantitative estimate of drug-likeness (QED) is 0.887. The summed E-state index contributed by atoms with van der Waals surface area (Å²) in [5.74, 6) is -2.14. The van der Waals surface area contributed by atoms with Crippen LogP contribution in [0.25, 0.3) is 0 Å². The molecule has 1 aromatic carbocycles. The van der Waals surface area contributed by atoms with Gasteiger partial charge in [0.2, 0.25) is 5.76 Å². The summed E-state index contributed by atoms with van der Waals surface area (Å²) in [6, 6.07) is 11.3. The summed E-state index contributed by atoms with van der Waals surface area (Å²) in [6.45, 7) is 0. The van der Waals surface area contributed by atoms with Gasteiger partial charge in [0.15, 0.2) is 5.76 Å². The van der Waals surface area contributed by atoms with Crippen LogP contribution >= 0.6 is 0 Å². The van der Waals surface area contributed by atoms with Gasteiger partial charge in [0.1, 0.15) is 0 Å². The van der Waals surface area contributed by atoms with Crippen LogP contribution in [0, 0.1) is 11.3 Å². The van der Waals surface area contributed by atoms with E-state index in [0.717, 1.165) is 5.56 Å². The topological polar surface area (TPSA) is 103 Å². The van der Waals surface area contributed by atoms with Crippen LogP contribution < -0.4 is 5.32 Å². The molecule has 0 fully saturated rings. The zero-order valence-corrected chi connectivity index (χ0v) is 10.3. The molecular formula is C14H10N2O4. The molecule has 0 atom stereocenters. The molecule has 0 aliphatic heterocycles. The molecule has 100 valence electrons. The van der Waals surface area contributed by atoms with Gasteiger partial charge in [-0.05, 0) is 29.8 Å². The largest absolute Gasteiger partial charge is 0.475 e. The summed E-state index contributed by atoms with van der Waals surface area (Å²) in [7, 11) is 0. The maximum absolute atomic E-state index is 11.8. The van der Waals surface area contributed by atoms with Gasteiger partial charge in [0.25, 0.3) is 5.91 Å². The summed E-state index contributed by atoms with van der Waals surface area (Å²) in [4.78, 5) is 22.5. The van der Waals surface area contributed by atoms with E-state index in [2.05, 4.69) is 5.32 Å². The molecule has 0 saturated heterocycles. The molecule has 6 nitrogen and oxygen atoms in total. The highest BCUT2D eigenvalue weighted by Gasteiger charge is 2.14. The molecule has 20 heavy (non-hydrogen) atoms. The Hall–Kier alpha value is -3.07. The van der Waals surface area contributed by atoms with E-state index in [9.17, 15) is 9.59 Å². The minimum Gasteiger partial charge on any atom is -0.475 e. The maximum Gasteiger partial charge on any atom is 0.371 e. The van der Waals surface area contributed by atoms with Crippen LogP contribution in [0.4, 0.5) is 5.69 Å². The number of rotatable bonds is 4. The van der Waals surface area contributed by atoms with Crippen LogP contribution in [-0.2, 0) is 6.42 Å². The van der Waals surface area contributed by atoms with Crippen molar-refractivity contribution in [2.24, 2.45) is 0 Å². The van der Waals surface area contributed by atoms with Crippen molar-refractivity contribution >= 4 is 17.6 Å². The highest BCUT2D eigenvalue weighted by Crippen LogP contribution is 2.13. The molecule has 0 bridgehead atoms. The maximum atomic E-state index is 11.8. The first-order valence-corrected chi connectivity index (χ1v) is 5.70. The smallest absolute Gasteiger partial charge is 0.371 e. The van der Waals surface area contributed by atoms with E-state index in [-0.39, 0.29) is 11.5 Å². The van der Waals surface area contributed by atoms with Gasteiger partial charge in [-0.2, -0.15) is 5.26 Å². The zero-order chi connectivity index (χ0) is 14.5. The number of furan rings is 1. The summed E-state index contributed by atoms with van der Waals surface area (Å²) in [5, 5.41) is 19.8. The summed E-state index contributed by atoms with van der Waals surface area (Å²) in [5.41, 5.74) is 1.38.